The third-order valence-electron chi connectivity index (χ3n) is 5.24. The Balaban J connectivity index is 1.57. The van der Waals surface area contributed by atoms with Crippen LogP contribution in [0.15, 0.2) is 30.5 Å². The van der Waals surface area contributed by atoms with E-state index in [0.717, 1.165) is 16.7 Å². The zero-order valence-corrected chi connectivity index (χ0v) is 16.9. The van der Waals surface area contributed by atoms with Crippen LogP contribution in [-0.4, -0.2) is 39.2 Å². The smallest absolute Gasteiger partial charge is 0.337 e. The van der Waals surface area contributed by atoms with E-state index in [1.807, 2.05) is 0 Å². The van der Waals surface area contributed by atoms with Gasteiger partial charge >= 0.3 is 5.97 Å². The van der Waals surface area contributed by atoms with Crippen molar-refractivity contribution in [3.05, 3.63) is 58.4 Å². The first-order valence-corrected chi connectivity index (χ1v) is 9.46. The average Bonchev–Trinajstić information content (AvgIpc) is 3.19. The van der Waals surface area contributed by atoms with Gasteiger partial charge in [0, 0.05) is 18.3 Å². The van der Waals surface area contributed by atoms with Gasteiger partial charge < -0.3 is 15.8 Å². The molecule has 4 rings (SSSR count). The molecule has 1 aliphatic carbocycles. The number of hydrogen-bond acceptors (Lipinski definition) is 7. The second-order valence-corrected chi connectivity index (χ2v) is 7.86. The van der Waals surface area contributed by atoms with Crippen molar-refractivity contribution in [1.29, 1.82) is 0 Å². The van der Waals surface area contributed by atoms with Crippen LogP contribution in [0.5, 0.6) is 0 Å². The van der Waals surface area contributed by atoms with Gasteiger partial charge in [-0.3, -0.25) is 9.89 Å². The van der Waals surface area contributed by atoms with Gasteiger partial charge in [-0.1, -0.05) is 26.0 Å². The van der Waals surface area contributed by atoms with Crippen LogP contribution in [0.2, 0.25) is 0 Å². The van der Waals surface area contributed by atoms with Crippen molar-refractivity contribution in [1.82, 2.24) is 25.5 Å². The van der Waals surface area contributed by atoms with E-state index >= 15 is 0 Å². The van der Waals surface area contributed by atoms with Crippen LogP contribution in [0, 0.1) is 0 Å². The fourth-order valence-electron chi connectivity index (χ4n) is 3.81. The number of anilines is 1. The lowest BCUT2D eigenvalue weighted by atomic mass is 9.73. The van der Waals surface area contributed by atoms with Crippen molar-refractivity contribution in [3.63, 3.8) is 0 Å². The number of ether oxygens (including phenoxy) is 1. The van der Waals surface area contributed by atoms with Crippen molar-refractivity contribution in [2.24, 2.45) is 0 Å². The molecule has 0 unspecified atom stereocenters. The minimum Gasteiger partial charge on any atom is -0.465 e. The van der Waals surface area contributed by atoms with Gasteiger partial charge in [-0.2, -0.15) is 5.10 Å². The number of esters is 1. The molecule has 30 heavy (non-hydrogen) atoms. The van der Waals surface area contributed by atoms with Crippen LogP contribution in [0.4, 0.5) is 5.95 Å². The second kappa shape index (κ2) is 7.25. The summed E-state index contributed by atoms with van der Waals surface area (Å²) in [5, 5.41) is 10.1. The quantitative estimate of drug-likeness (QED) is 0.564. The minimum atomic E-state index is -0.402. The summed E-state index contributed by atoms with van der Waals surface area (Å²) in [6.45, 7) is 4.42. The Hall–Kier alpha value is -3.75. The molecule has 1 aromatic carbocycles. The van der Waals surface area contributed by atoms with E-state index in [0.29, 0.717) is 35.6 Å². The normalized spacial score (nSPS) is 13.8. The van der Waals surface area contributed by atoms with Crippen molar-refractivity contribution >= 4 is 17.8 Å². The minimum absolute atomic E-state index is 0.176. The Labute approximate surface area is 173 Å². The number of carbonyl (C=O) groups excluding carboxylic acids is 2. The molecule has 0 saturated heterocycles. The van der Waals surface area contributed by atoms with Crippen LogP contribution in [0.25, 0.3) is 11.4 Å². The van der Waals surface area contributed by atoms with Gasteiger partial charge in [0.25, 0.3) is 5.91 Å². The molecule has 0 atom stereocenters. The van der Waals surface area contributed by atoms with Crippen LogP contribution >= 0.6 is 0 Å². The number of aromatic nitrogens is 4. The number of methoxy groups -OCH3 is 1. The summed E-state index contributed by atoms with van der Waals surface area (Å²) in [6, 6.07) is 6.86. The highest BCUT2D eigenvalue weighted by atomic mass is 16.5. The van der Waals surface area contributed by atoms with E-state index in [-0.39, 0.29) is 17.3 Å². The van der Waals surface area contributed by atoms with Crippen LogP contribution in [0.3, 0.4) is 0 Å². The van der Waals surface area contributed by atoms with Crippen molar-refractivity contribution in [3.8, 4) is 11.4 Å². The molecular formula is C21H22N6O3. The predicted molar refractivity (Wildman–Crippen MR) is 110 cm³/mol. The van der Waals surface area contributed by atoms with Gasteiger partial charge in [0.1, 0.15) is 0 Å². The van der Waals surface area contributed by atoms with Gasteiger partial charge in [0.05, 0.1) is 24.1 Å². The Kier molecular flexibility index (Phi) is 4.73. The lowest BCUT2D eigenvalue weighted by molar-refractivity contribution is 0.0600. The third kappa shape index (κ3) is 3.38. The summed E-state index contributed by atoms with van der Waals surface area (Å²) < 4.78 is 4.69. The highest BCUT2D eigenvalue weighted by Crippen LogP contribution is 2.42. The van der Waals surface area contributed by atoms with Gasteiger partial charge in [0.2, 0.25) is 5.95 Å². The summed E-state index contributed by atoms with van der Waals surface area (Å²) in [5.74, 6) is -0.515. The molecule has 0 radical (unpaired) electrons. The average molecular weight is 406 g/mol. The molecule has 1 aliphatic rings. The maximum atomic E-state index is 12.9. The van der Waals surface area contributed by atoms with Crippen LogP contribution in [0.1, 0.15) is 51.4 Å². The SMILES string of the molecule is COC(=O)c1ccc(CNC(=O)c2n[nH]c3c2C(C)(C)Cc2cnc(N)nc2-3)cc1. The maximum Gasteiger partial charge on any atom is 0.337 e. The molecular weight excluding hydrogens is 384 g/mol. The van der Waals surface area contributed by atoms with Crippen LogP contribution < -0.4 is 11.1 Å². The molecule has 0 bridgehead atoms. The number of aromatic amines is 1. The maximum absolute atomic E-state index is 12.9. The molecule has 0 fully saturated rings. The van der Waals surface area contributed by atoms with E-state index in [1.165, 1.54) is 7.11 Å². The largest absolute Gasteiger partial charge is 0.465 e. The number of benzene rings is 1. The third-order valence-corrected chi connectivity index (χ3v) is 5.24. The fourth-order valence-corrected chi connectivity index (χ4v) is 3.81. The summed E-state index contributed by atoms with van der Waals surface area (Å²) in [4.78, 5) is 32.9. The van der Waals surface area contributed by atoms with Crippen LogP contribution in [-0.2, 0) is 23.1 Å². The first-order valence-electron chi connectivity index (χ1n) is 9.46. The number of nitrogens with zero attached hydrogens (tertiary/aromatic N) is 3. The highest BCUT2D eigenvalue weighted by molar-refractivity contribution is 5.96. The molecule has 9 heteroatoms. The highest BCUT2D eigenvalue weighted by Gasteiger charge is 2.38. The standard InChI is InChI=1S/C21H22N6O3/c1-21(2)8-13-10-24-20(22)25-15(13)16-14(21)17(27-26-16)18(28)23-9-11-4-6-12(7-5-11)19(29)30-3/h4-7,10H,8-9H2,1-3H3,(H,23,28)(H,26,27)(H2,22,24,25). The molecule has 9 nitrogen and oxygen atoms in total. The molecule has 2 aromatic heterocycles. The predicted octanol–water partition coefficient (Wildman–Crippen LogP) is 2.00. The zero-order chi connectivity index (χ0) is 21.5. The van der Waals surface area contributed by atoms with Crippen molar-refractivity contribution in [2.45, 2.75) is 32.2 Å². The molecule has 1 amide bonds. The number of rotatable bonds is 4. The number of amides is 1. The van der Waals surface area contributed by atoms with Gasteiger partial charge in [-0.05, 0) is 35.1 Å². The lowest BCUT2D eigenvalue weighted by Crippen LogP contribution is -2.31. The van der Waals surface area contributed by atoms with E-state index in [2.05, 4.69) is 39.3 Å². The topological polar surface area (TPSA) is 136 Å². The summed E-state index contributed by atoms with van der Waals surface area (Å²) >= 11 is 0. The zero-order valence-electron chi connectivity index (χ0n) is 16.9. The lowest BCUT2D eigenvalue weighted by Gasteiger charge is -2.31. The molecule has 3 aromatic rings. The number of nitrogen functional groups attached to an aromatic ring is 1. The molecule has 4 N–H and O–H groups in total. The van der Waals surface area contributed by atoms with E-state index in [4.69, 9.17) is 10.5 Å². The van der Waals surface area contributed by atoms with E-state index < -0.39 is 5.97 Å². The first kappa shape index (κ1) is 19.6. The molecule has 0 aliphatic heterocycles. The molecule has 2 heterocycles. The van der Waals surface area contributed by atoms with E-state index in [9.17, 15) is 9.59 Å². The number of fused-ring (bicyclic) bond motifs is 3. The Morgan fingerprint density at radius 1 is 1.27 bits per heavy atom. The monoisotopic (exact) mass is 406 g/mol. The molecule has 0 spiro atoms. The molecule has 154 valence electrons. The van der Waals surface area contributed by atoms with Crippen molar-refractivity contribution < 1.29 is 14.3 Å². The Morgan fingerprint density at radius 3 is 2.70 bits per heavy atom. The molecule has 0 saturated carbocycles. The number of carbonyl (C=O) groups is 2. The Bertz CT molecular complexity index is 1130. The van der Waals surface area contributed by atoms with Crippen molar-refractivity contribution in [2.75, 3.05) is 12.8 Å². The second-order valence-electron chi connectivity index (χ2n) is 7.86. The summed E-state index contributed by atoms with van der Waals surface area (Å²) in [6.07, 6.45) is 2.39. The number of H-pyrrole nitrogens is 1. The van der Waals surface area contributed by atoms with Gasteiger partial charge in [0.15, 0.2) is 5.69 Å². The number of nitrogens with one attached hydrogen (secondary N) is 2. The van der Waals surface area contributed by atoms with E-state index in [1.54, 1.807) is 30.5 Å². The number of hydrogen-bond donors (Lipinski definition) is 3. The summed E-state index contributed by atoms with van der Waals surface area (Å²) in [5.41, 5.74) is 10.2. The van der Waals surface area contributed by atoms with Gasteiger partial charge in [-0.25, -0.2) is 14.8 Å². The number of nitrogens with two attached hydrogens (primary N) is 1. The summed E-state index contributed by atoms with van der Waals surface area (Å²) in [7, 11) is 1.33. The fraction of sp³-hybridized carbons (Fsp3) is 0.286. The van der Waals surface area contributed by atoms with Gasteiger partial charge in [-0.15, -0.1) is 0 Å². The first-order chi connectivity index (χ1) is 14.3. The Morgan fingerprint density at radius 2 is 2.00 bits per heavy atom.